The Kier molecular flexibility index (Phi) is 2.80. The van der Waals surface area contributed by atoms with Gasteiger partial charge in [0.05, 0.1) is 4.88 Å². The van der Waals surface area contributed by atoms with Crippen LogP contribution in [0.4, 0.5) is 5.13 Å². The average Bonchev–Trinajstić information content (AvgIpc) is 2.67. The lowest BCUT2D eigenvalue weighted by atomic mass is 9.83. The first-order valence-electron chi connectivity index (χ1n) is 5.27. The highest BCUT2D eigenvalue weighted by Crippen LogP contribution is 2.38. The molecule has 0 spiro atoms. The molecule has 2 atom stereocenters. The van der Waals surface area contributed by atoms with Crippen molar-refractivity contribution in [1.29, 1.82) is 0 Å². The lowest BCUT2D eigenvalue weighted by Gasteiger charge is -2.29. The summed E-state index contributed by atoms with van der Waals surface area (Å²) in [4.78, 5) is 4.83. The molecule has 1 aliphatic carbocycles. The van der Waals surface area contributed by atoms with E-state index in [2.05, 4.69) is 18.0 Å². The van der Waals surface area contributed by atoms with Gasteiger partial charge in [-0.25, -0.2) is 4.98 Å². The van der Waals surface area contributed by atoms with Crippen LogP contribution in [0, 0.1) is 5.92 Å². The van der Waals surface area contributed by atoms with E-state index in [-0.39, 0.29) is 0 Å². The van der Waals surface area contributed by atoms with Gasteiger partial charge in [0, 0.05) is 6.20 Å². The van der Waals surface area contributed by atoms with Crippen LogP contribution in [-0.4, -0.2) is 10.1 Å². The maximum atomic E-state index is 10.4. The summed E-state index contributed by atoms with van der Waals surface area (Å²) in [5, 5.41) is 10.9. The summed E-state index contributed by atoms with van der Waals surface area (Å²) in [6, 6.07) is 0. The molecular formula is C11H16N2OS. The first-order chi connectivity index (χ1) is 7.14. The third-order valence-corrected chi connectivity index (χ3v) is 4.01. The second-order valence-corrected chi connectivity index (χ2v) is 5.12. The summed E-state index contributed by atoms with van der Waals surface area (Å²) in [6.45, 7) is 2.17. The van der Waals surface area contributed by atoms with Crippen LogP contribution in [0.2, 0.25) is 0 Å². The van der Waals surface area contributed by atoms with Gasteiger partial charge < -0.3 is 10.8 Å². The van der Waals surface area contributed by atoms with Gasteiger partial charge in [0.15, 0.2) is 5.13 Å². The fraction of sp³-hybridized carbons (Fsp3) is 0.545. The zero-order valence-electron chi connectivity index (χ0n) is 8.81. The lowest BCUT2D eigenvalue weighted by molar-refractivity contribution is 0.0695. The molecule has 0 radical (unpaired) electrons. The van der Waals surface area contributed by atoms with Gasteiger partial charge in [0.1, 0.15) is 5.60 Å². The van der Waals surface area contributed by atoms with E-state index in [1.54, 1.807) is 6.20 Å². The van der Waals surface area contributed by atoms with Crippen molar-refractivity contribution in [3.8, 4) is 0 Å². The predicted octanol–water partition coefficient (Wildman–Crippen LogP) is 2.29. The Morgan fingerprint density at radius 3 is 3.00 bits per heavy atom. The van der Waals surface area contributed by atoms with Crippen molar-refractivity contribution in [3.05, 3.63) is 23.2 Å². The number of aromatic nitrogens is 1. The largest absolute Gasteiger partial charge is 0.380 e. The van der Waals surface area contributed by atoms with E-state index >= 15 is 0 Å². The van der Waals surface area contributed by atoms with Crippen LogP contribution in [0.3, 0.4) is 0 Å². The second kappa shape index (κ2) is 3.94. The van der Waals surface area contributed by atoms with Crippen LogP contribution in [0.5, 0.6) is 0 Å². The average molecular weight is 224 g/mol. The SMILES string of the molecule is CCC1C=CC(O)(c2cnc(N)s2)CC1. The number of nitrogens with zero attached hydrogens (tertiary/aromatic N) is 1. The molecule has 3 nitrogen and oxygen atoms in total. The Morgan fingerprint density at radius 1 is 1.73 bits per heavy atom. The Balaban J connectivity index is 2.22. The summed E-state index contributed by atoms with van der Waals surface area (Å²) in [5.74, 6) is 0.607. The van der Waals surface area contributed by atoms with E-state index in [9.17, 15) is 5.11 Å². The van der Waals surface area contributed by atoms with Crippen molar-refractivity contribution in [2.45, 2.75) is 31.8 Å². The van der Waals surface area contributed by atoms with Gasteiger partial charge >= 0.3 is 0 Å². The molecule has 1 aromatic rings. The normalized spacial score (nSPS) is 30.7. The zero-order valence-corrected chi connectivity index (χ0v) is 9.63. The fourth-order valence-corrected chi connectivity index (χ4v) is 2.70. The van der Waals surface area contributed by atoms with E-state index < -0.39 is 5.60 Å². The van der Waals surface area contributed by atoms with Gasteiger partial charge in [-0.15, -0.1) is 0 Å². The molecule has 2 unspecified atom stereocenters. The van der Waals surface area contributed by atoms with E-state index in [0.717, 1.165) is 24.1 Å². The third-order valence-electron chi connectivity index (χ3n) is 3.02. The van der Waals surface area contributed by atoms with Gasteiger partial charge in [-0.1, -0.05) is 30.4 Å². The number of nitrogens with two attached hydrogens (primary N) is 1. The third kappa shape index (κ3) is 2.06. The molecule has 0 aliphatic heterocycles. The van der Waals surface area contributed by atoms with Gasteiger partial charge in [-0.2, -0.15) is 0 Å². The van der Waals surface area contributed by atoms with Crippen LogP contribution >= 0.6 is 11.3 Å². The smallest absolute Gasteiger partial charge is 0.180 e. The molecule has 2 rings (SSSR count). The number of hydrogen-bond donors (Lipinski definition) is 2. The molecule has 0 saturated heterocycles. The van der Waals surface area contributed by atoms with E-state index in [0.29, 0.717) is 11.0 Å². The highest BCUT2D eigenvalue weighted by molar-refractivity contribution is 7.15. The first-order valence-corrected chi connectivity index (χ1v) is 6.09. The Bertz CT molecular complexity index is 374. The molecule has 1 heterocycles. The Morgan fingerprint density at radius 2 is 2.53 bits per heavy atom. The number of aliphatic hydroxyl groups is 1. The molecule has 1 aromatic heterocycles. The number of hydrogen-bond acceptors (Lipinski definition) is 4. The van der Waals surface area contributed by atoms with E-state index in [1.807, 2.05) is 6.08 Å². The van der Waals surface area contributed by atoms with Gasteiger partial charge in [-0.05, 0) is 25.2 Å². The molecule has 0 saturated carbocycles. The van der Waals surface area contributed by atoms with E-state index in [4.69, 9.17) is 5.73 Å². The molecule has 1 aliphatic rings. The van der Waals surface area contributed by atoms with Crippen molar-refractivity contribution in [2.24, 2.45) is 5.92 Å². The second-order valence-electron chi connectivity index (χ2n) is 4.05. The van der Waals surface area contributed by atoms with Crippen LogP contribution in [-0.2, 0) is 5.60 Å². The van der Waals surface area contributed by atoms with Crippen molar-refractivity contribution in [2.75, 3.05) is 5.73 Å². The molecule has 82 valence electrons. The van der Waals surface area contributed by atoms with Gasteiger partial charge in [0.2, 0.25) is 0 Å². The van der Waals surface area contributed by atoms with Gasteiger partial charge in [-0.3, -0.25) is 0 Å². The monoisotopic (exact) mass is 224 g/mol. The lowest BCUT2D eigenvalue weighted by Crippen LogP contribution is -2.26. The fourth-order valence-electron chi connectivity index (χ4n) is 1.91. The molecule has 0 amide bonds. The zero-order chi connectivity index (χ0) is 10.9. The number of allylic oxidation sites excluding steroid dienone is 1. The summed E-state index contributed by atoms with van der Waals surface area (Å²) in [7, 11) is 0. The highest BCUT2D eigenvalue weighted by atomic mass is 32.1. The summed E-state index contributed by atoms with van der Waals surface area (Å²) in [5.41, 5.74) is 4.74. The number of rotatable bonds is 2. The minimum absolute atomic E-state index is 0.518. The highest BCUT2D eigenvalue weighted by Gasteiger charge is 2.31. The summed E-state index contributed by atoms with van der Waals surface area (Å²) < 4.78 is 0. The number of nitrogen functional groups attached to an aromatic ring is 1. The predicted molar refractivity (Wildman–Crippen MR) is 62.6 cm³/mol. The molecule has 4 heteroatoms. The van der Waals surface area contributed by atoms with Crippen molar-refractivity contribution in [3.63, 3.8) is 0 Å². The number of anilines is 1. The molecule has 0 bridgehead atoms. The van der Waals surface area contributed by atoms with Crippen molar-refractivity contribution in [1.82, 2.24) is 4.98 Å². The van der Waals surface area contributed by atoms with Crippen LogP contribution in [0.25, 0.3) is 0 Å². The molecule has 3 N–H and O–H groups in total. The molecule has 15 heavy (non-hydrogen) atoms. The standard InChI is InChI=1S/C11H16N2OS/c1-2-8-3-5-11(14,6-4-8)9-7-13-10(12)15-9/h3,5,7-8,14H,2,4,6H2,1H3,(H2,12,13). The molecular weight excluding hydrogens is 208 g/mol. The topological polar surface area (TPSA) is 59.1 Å². The number of thiazole rings is 1. The first kappa shape index (κ1) is 10.6. The van der Waals surface area contributed by atoms with Gasteiger partial charge in [0.25, 0.3) is 0 Å². The van der Waals surface area contributed by atoms with Crippen LogP contribution in [0.15, 0.2) is 18.3 Å². The minimum atomic E-state index is -0.832. The molecule has 0 aromatic carbocycles. The minimum Gasteiger partial charge on any atom is -0.380 e. The van der Waals surface area contributed by atoms with Crippen LogP contribution in [0.1, 0.15) is 31.1 Å². The molecule has 0 fully saturated rings. The Hall–Kier alpha value is -0.870. The van der Waals surface area contributed by atoms with Crippen LogP contribution < -0.4 is 5.73 Å². The Labute approximate surface area is 93.6 Å². The van der Waals surface area contributed by atoms with Crippen molar-refractivity contribution < 1.29 is 5.11 Å². The van der Waals surface area contributed by atoms with Crippen molar-refractivity contribution >= 4 is 16.5 Å². The maximum absolute atomic E-state index is 10.4. The van der Waals surface area contributed by atoms with E-state index in [1.165, 1.54) is 11.3 Å². The summed E-state index contributed by atoms with van der Waals surface area (Å²) >= 11 is 1.37. The maximum Gasteiger partial charge on any atom is 0.180 e. The quantitative estimate of drug-likeness (QED) is 0.758. The summed E-state index contributed by atoms with van der Waals surface area (Å²) in [6.07, 6.45) is 8.62.